The lowest BCUT2D eigenvalue weighted by Crippen LogP contribution is -3.15. The summed E-state index contributed by atoms with van der Waals surface area (Å²) in [6.45, 7) is 4.36. The molecule has 1 saturated heterocycles. The van der Waals surface area contributed by atoms with Crippen LogP contribution in [0.1, 0.15) is 44.1 Å². The molecule has 0 radical (unpaired) electrons. The summed E-state index contributed by atoms with van der Waals surface area (Å²) in [5.74, 6) is 2.11. The Kier molecular flexibility index (Phi) is 3.79. The number of carbonyl (C=O) groups excluding carboxylic acids is 1. The minimum absolute atomic E-state index is 0.0226. The van der Waals surface area contributed by atoms with Crippen molar-refractivity contribution in [1.29, 1.82) is 0 Å². The molecule has 6 rings (SSSR count). The molecule has 4 atom stereocenters. The molecule has 3 nitrogen and oxygen atoms in total. The Balaban J connectivity index is 1.43. The van der Waals surface area contributed by atoms with E-state index in [1.54, 1.807) is 0 Å². The van der Waals surface area contributed by atoms with Crippen LogP contribution in [0.15, 0.2) is 30.3 Å². The summed E-state index contributed by atoms with van der Waals surface area (Å²) >= 11 is 0. The third-order valence-electron chi connectivity index (χ3n) is 7.65. The van der Waals surface area contributed by atoms with Gasteiger partial charge in [0.05, 0.1) is 13.2 Å². The van der Waals surface area contributed by atoms with Crippen molar-refractivity contribution < 1.29 is 14.4 Å². The Hall–Kier alpha value is -1.19. The fourth-order valence-corrected chi connectivity index (χ4v) is 6.97. The van der Waals surface area contributed by atoms with Gasteiger partial charge in [0.2, 0.25) is 0 Å². The molecule has 25 heavy (non-hydrogen) atoms. The van der Waals surface area contributed by atoms with Crippen molar-refractivity contribution in [3.63, 3.8) is 0 Å². The number of nitrogens with one attached hydrogen (secondary N) is 1. The van der Waals surface area contributed by atoms with E-state index in [0.29, 0.717) is 5.78 Å². The Labute approximate surface area is 150 Å². The second kappa shape index (κ2) is 5.92. The van der Waals surface area contributed by atoms with E-state index in [9.17, 15) is 4.79 Å². The van der Waals surface area contributed by atoms with E-state index in [2.05, 4.69) is 30.3 Å². The average molecular weight is 340 g/mol. The Morgan fingerprint density at radius 3 is 2.40 bits per heavy atom. The van der Waals surface area contributed by atoms with Gasteiger partial charge < -0.3 is 9.64 Å². The lowest BCUT2D eigenvalue weighted by atomic mass is 9.42. The number of benzene rings is 1. The number of ketones is 1. The van der Waals surface area contributed by atoms with Gasteiger partial charge in [0.25, 0.3) is 0 Å². The third-order valence-corrected chi connectivity index (χ3v) is 7.65. The van der Waals surface area contributed by atoms with Gasteiger partial charge in [-0.3, -0.25) is 4.79 Å². The molecule has 1 heterocycles. The maximum atomic E-state index is 13.5. The molecule has 4 saturated carbocycles. The zero-order valence-electron chi connectivity index (χ0n) is 15.1. The minimum atomic E-state index is -0.0226. The van der Waals surface area contributed by atoms with Crippen LogP contribution in [-0.4, -0.2) is 38.6 Å². The summed E-state index contributed by atoms with van der Waals surface area (Å²) < 4.78 is 5.47. The first kappa shape index (κ1) is 16.0. The highest BCUT2D eigenvalue weighted by Gasteiger charge is 2.61. The fourth-order valence-electron chi connectivity index (χ4n) is 6.97. The third kappa shape index (κ3) is 2.67. The zero-order chi connectivity index (χ0) is 16.9. The molecule has 2 unspecified atom stereocenters. The Morgan fingerprint density at radius 2 is 1.72 bits per heavy atom. The van der Waals surface area contributed by atoms with Gasteiger partial charge in [-0.15, -0.1) is 0 Å². The predicted molar refractivity (Wildman–Crippen MR) is 96.6 cm³/mol. The highest BCUT2D eigenvalue weighted by atomic mass is 16.5. The van der Waals surface area contributed by atoms with E-state index >= 15 is 0 Å². The van der Waals surface area contributed by atoms with Crippen molar-refractivity contribution in [2.75, 3.05) is 32.8 Å². The van der Waals surface area contributed by atoms with Gasteiger partial charge in [0.15, 0.2) is 5.78 Å². The van der Waals surface area contributed by atoms with Crippen LogP contribution in [0, 0.1) is 17.3 Å². The van der Waals surface area contributed by atoms with E-state index in [4.69, 9.17) is 4.74 Å². The number of hydrogen-bond donors (Lipinski definition) is 1. The molecule has 1 aromatic carbocycles. The minimum Gasteiger partial charge on any atom is -0.370 e. The largest absolute Gasteiger partial charge is 0.370 e. The van der Waals surface area contributed by atoms with Gasteiger partial charge in [-0.25, -0.2) is 0 Å². The van der Waals surface area contributed by atoms with Crippen molar-refractivity contribution in [1.82, 2.24) is 0 Å². The van der Waals surface area contributed by atoms with Gasteiger partial charge in [0.1, 0.15) is 19.6 Å². The number of rotatable bonds is 4. The molecule has 0 aromatic heterocycles. The van der Waals surface area contributed by atoms with E-state index in [-0.39, 0.29) is 10.8 Å². The van der Waals surface area contributed by atoms with Gasteiger partial charge in [0, 0.05) is 5.41 Å². The molecule has 134 valence electrons. The van der Waals surface area contributed by atoms with Crippen LogP contribution in [0.4, 0.5) is 0 Å². The molecule has 1 aliphatic heterocycles. The number of carbonyl (C=O) groups is 1. The van der Waals surface area contributed by atoms with Gasteiger partial charge in [-0.05, 0) is 61.3 Å². The second-order valence-corrected chi connectivity index (χ2v) is 9.35. The molecule has 0 amide bonds. The van der Waals surface area contributed by atoms with E-state index in [1.807, 2.05) is 0 Å². The first-order valence-corrected chi connectivity index (χ1v) is 10.2. The molecule has 5 fully saturated rings. The average Bonchev–Trinajstić information content (AvgIpc) is 2.62. The van der Waals surface area contributed by atoms with Crippen LogP contribution in [0.3, 0.4) is 0 Å². The molecule has 0 spiro atoms. The summed E-state index contributed by atoms with van der Waals surface area (Å²) in [4.78, 5) is 14.9. The molecular weight excluding hydrogens is 310 g/mol. The quantitative estimate of drug-likeness (QED) is 0.909. The lowest BCUT2D eigenvalue weighted by molar-refractivity contribution is -0.900. The van der Waals surface area contributed by atoms with Crippen LogP contribution in [0.25, 0.3) is 0 Å². The molecule has 1 N–H and O–H groups in total. The summed E-state index contributed by atoms with van der Waals surface area (Å²) in [5, 5.41) is 0. The van der Waals surface area contributed by atoms with Crippen LogP contribution >= 0.6 is 0 Å². The molecule has 5 aliphatic rings. The second-order valence-electron chi connectivity index (χ2n) is 9.35. The number of quaternary nitrogens is 1. The smallest absolute Gasteiger partial charge is 0.192 e. The fraction of sp³-hybridized carbons (Fsp3) is 0.682. The predicted octanol–water partition coefficient (Wildman–Crippen LogP) is 2.01. The maximum Gasteiger partial charge on any atom is 0.192 e. The summed E-state index contributed by atoms with van der Waals surface area (Å²) in [6.07, 6.45) is 7.44. The molecule has 4 bridgehead atoms. The van der Waals surface area contributed by atoms with E-state index < -0.39 is 0 Å². The SMILES string of the molecule is O=C(C[NH+]1CCOCC1)C12C[C@H]3C[C@@H](C1)CC(c1ccccc1)(C3)C2. The topological polar surface area (TPSA) is 30.7 Å². The maximum absolute atomic E-state index is 13.5. The molecule has 4 aliphatic carbocycles. The van der Waals surface area contributed by atoms with Crippen LogP contribution in [-0.2, 0) is 14.9 Å². The molecule has 1 aromatic rings. The van der Waals surface area contributed by atoms with Crippen molar-refractivity contribution in [3.05, 3.63) is 35.9 Å². The zero-order valence-corrected chi connectivity index (χ0v) is 15.1. The highest BCUT2D eigenvalue weighted by molar-refractivity contribution is 5.86. The lowest BCUT2D eigenvalue weighted by Gasteiger charge is -2.61. The number of ether oxygens (including phenoxy) is 1. The standard InChI is InChI=1S/C22H29NO2/c24-20(15-23-6-8-25-9-7-23)22-13-17-10-18(14-22)12-21(11-17,16-22)19-4-2-1-3-5-19/h1-5,17-18H,6-16H2/p+1/t17-,18+,21?,22?. The molecule has 3 heteroatoms. The summed E-state index contributed by atoms with van der Waals surface area (Å²) in [6, 6.07) is 11.1. The Bertz CT molecular complexity index is 635. The van der Waals surface area contributed by atoms with Crippen LogP contribution < -0.4 is 4.90 Å². The van der Waals surface area contributed by atoms with Crippen LogP contribution in [0.2, 0.25) is 0 Å². The Morgan fingerprint density at radius 1 is 1.04 bits per heavy atom. The molecular formula is C22H30NO2+. The number of Topliss-reactive ketones (excluding diaryl/α,β-unsaturated/α-hetero) is 1. The normalized spacial score (nSPS) is 40.3. The monoisotopic (exact) mass is 340 g/mol. The number of hydrogen-bond acceptors (Lipinski definition) is 2. The summed E-state index contributed by atoms with van der Waals surface area (Å²) in [7, 11) is 0. The van der Waals surface area contributed by atoms with Crippen LogP contribution in [0.5, 0.6) is 0 Å². The summed E-state index contributed by atoms with van der Waals surface area (Å²) in [5.41, 5.74) is 1.76. The first-order chi connectivity index (χ1) is 12.2. The van der Waals surface area contributed by atoms with Crippen molar-refractivity contribution >= 4 is 5.78 Å². The first-order valence-electron chi connectivity index (χ1n) is 10.2. The van der Waals surface area contributed by atoms with Gasteiger partial charge in [-0.2, -0.15) is 0 Å². The highest BCUT2D eigenvalue weighted by Crippen LogP contribution is 2.65. The van der Waals surface area contributed by atoms with Crippen molar-refractivity contribution in [2.45, 2.75) is 43.9 Å². The van der Waals surface area contributed by atoms with Gasteiger partial charge in [-0.1, -0.05) is 30.3 Å². The van der Waals surface area contributed by atoms with E-state index in [1.165, 1.54) is 42.6 Å². The number of morpholine rings is 1. The van der Waals surface area contributed by atoms with Crippen molar-refractivity contribution in [2.24, 2.45) is 17.3 Å². The van der Waals surface area contributed by atoms with Crippen molar-refractivity contribution in [3.8, 4) is 0 Å². The van der Waals surface area contributed by atoms with E-state index in [0.717, 1.165) is 51.1 Å². The van der Waals surface area contributed by atoms with Gasteiger partial charge >= 0.3 is 0 Å².